The lowest BCUT2D eigenvalue weighted by Crippen LogP contribution is -2.06. The Balaban J connectivity index is 1.41. The van der Waals surface area contributed by atoms with Gasteiger partial charge in [0.05, 0.1) is 23.1 Å². The zero-order chi connectivity index (χ0) is 21.5. The summed E-state index contributed by atoms with van der Waals surface area (Å²) < 4.78 is 10.5. The molecule has 0 fully saturated rings. The van der Waals surface area contributed by atoms with Gasteiger partial charge >= 0.3 is 0 Å². The maximum Gasteiger partial charge on any atom is 0.217 e. The standard InChI is InChI=1S/C23H20N4O2S2/c1-14-12-18(15(2)26(14)16-8-10-17(29-3)11-9-16)20(28)13-30-22-24-25-23-27(22)19-6-4-5-7-21(19)31-23/h4-12H,13H2,1-3H3. The van der Waals surface area contributed by atoms with Crippen molar-refractivity contribution >= 4 is 44.1 Å². The highest BCUT2D eigenvalue weighted by Gasteiger charge is 2.19. The first-order valence-corrected chi connectivity index (χ1v) is 11.6. The molecule has 0 saturated heterocycles. The molecule has 31 heavy (non-hydrogen) atoms. The van der Waals surface area contributed by atoms with Crippen LogP contribution in [0.25, 0.3) is 20.9 Å². The fourth-order valence-electron chi connectivity index (χ4n) is 3.83. The Morgan fingerprint density at radius 3 is 2.65 bits per heavy atom. The maximum atomic E-state index is 13.1. The van der Waals surface area contributed by atoms with E-state index in [1.54, 1.807) is 18.4 Å². The first-order valence-electron chi connectivity index (χ1n) is 9.79. The molecule has 0 unspecified atom stereocenters. The molecule has 156 valence electrons. The SMILES string of the molecule is COc1ccc(-n2c(C)cc(C(=O)CSc3nnc4sc5ccccc5n34)c2C)cc1. The van der Waals surface area contributed by atoms with Gasteiger partial charge in [0.2, 0.25) is 4.96 Å². The van der Waals surface area contributed by atoms with Crippen LogP contribution in [0.15, 0.2) is 59.8 Å². The van der Waals surface area contributed by atoms with Crippen molar-refractivity contribution in [2.45, 2.75) is 19.0 Å². The Kier molecular flexibility index (Phi) is 5.03. The molecular formula is C23H20N4O2S2. The second-order valence-corrected chi connectivity index (χ2v) is 9.15. The molecule has 0 aliphatic heterocycles. The molecule has 5 rings (SSSR count). The molecule has 0 atom stereocenters. The number of Topliss-reactive ketones (excluding diaryl/α,β-unsaturated/α-hetero) is 1. The first-order chi connectivity index (χ1) is 15.1. The zero-order valence-electron chi connectivity index (χ0n) is 17.3. The lowest BCUT2D eigenvalue weighted by Gasteiger charge is -2.10. The van der Waals surface area contributed by atoms with Crippen LogP contribution in [0.2, 0.25) is 0 Å². The number of ketones is 1. The minimum absolute atomic E-state index is 0.0779. The number of methoxy groups -OCH3 is 1. The highest BCUT2D eigenvalue weighted by molar-refractivity contribution is 7.99. The lowest BCUT2D eigenvalue weighted by atomic mass is 10.2. The van der Waals surface area contributed by atoms with Crippen molar-refractivity contribution in [2.75, 3.05) is 12.9 Å². The number of hydrogen-bond acceptors (Lipinski definition) is 6. The monoisotopic (exact) mass is 448 g/mol. The summed E-state index contributed by atoms with van der Waals surface area (Å²) in [6, 6.07) is 17.9. The molecule has 0 amide bonds. The van der Waals surface area contributed by atoms with Gasteiger partial charge in [-0.1, -0.05) is 35.2 Å². The van der Waals surface area contributed by atoms with Crippen molar-refractivity contribution in [2.24, 2.45) is 0 Å². The number of benzene rings is 2. The van der Waals surface area contributed by atoms with E-state index in [0.717, 1.165) is 48.7 Å². The number of thiazole rings is 1. The van der Waals surface area contributed by atoms with E-state index in [0.29, 0.717) is 5.75 Å². The summed E-state index contributed by atoms with van der Waals surface area (Å²) in [6.45, 7) is 4.00. The van der Waals surface area contributed by atoms with Gasteiger partial charge < -0.3 is 9.30 Å². The van der Waals surface area contributed by atoms with Gasteiger partial charge in [0.25, 0.3) is 0 Å². The molecule has 0 aliphatic carbocycles. The van der Waals surface area contributed by atoms with Crippen LogP contribution < -0.4 is 4.74 Å². The van der Waals surface area contributed by atoms with Crippen LogP contribution in [-0.4, -0.2) is 37.8 Å². The zero-order valence-corrected chi connectivity index (χ0v) is 19.0. The second-order valence-electron chi connectivity index (χ2n) is 7.20. The number of aryl methyl sites for hydroxylation is 1. The Hall–Kier alpha value is -3.10. The van der Waals surface area contributed by atoms with Gasteiger partial charge in [0.1, 0.15) is 5.75 Å². The third-order valence-corrected chi connectivity index (χ3v) is 7.25. The van der Waals surface area contributed by atoms with Crippen LogP contribution in [-0.2, 0) is 0 Å². The van der Waals surface area contributed by atoms with Gasteiger partial charge in [-0.05, 0) is 56.3 Å². The van der Waals surface area contributed by atoms with Crippen LogP contribution in [0.1, 0.15) is 21.7 Å². The predicted molar refractivity (Wildman–Crippen MR) is 125 cm³/mol. The number of para-hydroxylation sites is 1. The maximum absolute atomic E-state index is 13.1. The second kappa shape index (κ2) is 7.86. The number of thioether (sulfide) groups is 1. The fourth-order valence-corrected chi connectivity index (χ4v) is 5.68. The molecule has 6 nitrogen and oxygen atoms in total. The third-order valence-electron chi connectivity index (χ3n) is 5.31. The van der Waals surface area contributed by atoms with E-state index in [4.69, 9.17) is 4.74 Å². The molecule has 0 saturated carbocycles. The van der Waals surface area contributed by atoms with Crippen molar-refractivity contribution in [1.82, 2.24) is 19.2 Å². The smallest absolute Gasteiger partial charge is 0.217 e. The van der Waals surface area contributed by atoms with Gasteiger partial charge in [-0.15, -0.1) is 10.2 Å². The molecule has 5 aromatic rings. The van der Waals surface area contributed by atoms with Crippen molar-refractivity contribution in [3.8, 4) is 11.4 Å². The Morgan fingerprint density at radius 1 is 1.10 bits per heavy atom. The largest absolute Gasteiger partial charge is 0.497 e. The minimum Gasteiger partial charge on any atom is -0.497 e. The minimum atomic E-state index is 0.0779. The van der Waals surface area contributed by atoms with E-state index in [9.17, 15) is 4.79 Å². The quantitative estimate of drug-likeness (QED) is 0.259. The lowest BCUT2D eigenvalue weighted by molar-refractivity contribution is 0.102. The summed E-state index contributed by atoms with van der Waals surface area (Å²) in [5, 5.41) is 9.32. The van der Waals surface area contributed by atoms with Crippen LogP contribution in [0, 0.1) is 13.8 Å². The van der Waals surface area contributed by atoms with E-state index < -0.39 is 0 Å². The number of rotatable bonds is 6. The molecule has 0 spiro atoms. The number of nitrogens with zero attached hydrogens (tertiary/aromatic N) is 4. The van der Waals surface area contributed by atoms with Gasteiger partial charge in [0.15, 0.2) is 10.9 Å². The average molecular weight is 449 g/mol. The molecule has 3 aromatic heterocycles. The topological polar surface area (TPSA) is 61.4 Å². The molecule has 2 aromatic carbocycles. The van der Waals surface area contributed by atoms with Crippen molar-refractivity contribution in [3.63, 3.8) is 0 Å². The van der Waals surface area contributed by atoms with Gasteiger partial charge in [-0.3, -0.25) is 9.20 Å². The van der Waals surface area contributed by atoms with Crippen molar-refractivity contribution in [1.29, 1.82) is 0 Å². The molecule has 0 aliphatic rings. The Morgan fingerprint density at radius 2 is 1.87 bits per heavy atom. The molecular weight excluding hydrogens is 428 g/mol. The molecule has 3 heterocycles. The van der Waals surface area contributed by atoms with E-state index in [1.807, 2.05) is 60.7 Å². The first kappa shape index (κ1) is 19.8. The van der Waals surface area contributed by atoms with Crippen LogP contribution >= 0.6 is 23.1 Å². The molecule has 0 bridgehead atoms. The number of carbonyl (C=O) groups is 1. The number of ether oxygens (including phenoxy) is 1. The van der Waals surface area contributed by atoms with E-state index >= 15 is 0 Å². The molecule has 0 N–H and O–H groups in total. The van der Waals surface area contributed by atoms with Crippen molar-refractivity contribution in [3.05, 3.63) is 71.5 Å². The summed E-state index contributed by atoms with van der Waals surface area (Å²) in [6.07, 6.45) is 0. The summed E-state index contributed by atoms with van der Waals surface area (Å²) in [7, 11) is 1.65. The summed E-state index contributed by atoms with van der Waals surface area (Å²) >= 11 is 3.02. The van der Waals surface area contributed by atoms with Crippen LogP contribution in [0.4, 0.5) is 0 Å². The number of hydrogen-bond donors (Lipinski definition) is 0. The molecule has 8 heteroatoms. The highest BCUT2D eigenvalue weighted by atomic mass is 32.2. The van der Waals surface area contributed by atoms with Gasteiger partial charge in [0, 0.05) is 22.6 Å². The summed E-state index contributed by atoms with van der Waals surface area (Å²) in [5.74, 6) is 1.19. The summed E-state index contributed by atoms with van der Waals surface area (Å²) in [4.78, 5) is 13.9. The Bertz CT molecular complexity index is 1410. The number of fused-ring (bicyclic) bond motifs is 3. The van der Waals surface area contributed by atoms with Gasteiger partial charge in [-0.2, -0.15) is 0 Å². The van der Waals surface area contributed by atoms with E-state index in [-0.39, 0.29) is 5.78 Å². The van der Waals surface area contributed by atoms with Gasteiger partial charge in [-0.25, -0.2) is 0 Å². The van der Waals surface area contributed by atoms with E-state index in [1.165, 1.54) is 11.8 Å². The highest BCUT2D eigenvalue weighted by Crippen LogP contribution is 2.30. The van der Waals surface area contributed by atoms with E-state index in [2.05, 4.69) is 26.9 Å². The molecule has 0 radical (unpaired) electrons. The number of aromatic nitrogens is 4. The Labute approximate surface area is 187 Å². The van der Waals surface area contributed by atoms with Crippen LogP contribution in [0.5, 0.6) is 5.75 Å². The van der Waals surface area contributed by atoms with Crippen LogP contribution in [0.3, 0.4) is 0 Å². The fraction of sp³-hybridized carbons (Fsp3) is 0.174. The average Bonchev–Trinajstić information content (AvgIpc) is 3.44. The van der Waals surface area contributed by atoms with Crippen molar-refractivity contribution < 1.29 is 9.53 Å². The third kappa shape index (κ3) is 3.41. The summed E-state index contributed by atoms with van der Waals surface area (Å²) in [5.41, 5.74) is 4.76. The predicted octanol–water partition coefficient (Wildman–Crippen LogP) is 5.34. The number of carbonyl (C=O) groups excluding carboxylic acids is 1. The normalized spacial score (nSPS) is 11.5.